The third-order valence-corrected chi connectivity index (χ3v) is 9.74. The van der Waals surface area contributed by atoms with Crippen LogP contribution in [0.1, 0.15) is 61.9 Å². The number of rotatable bonds is 14. The number of carbonyl (C=O) groups excluding carboxylic acids is 1. The largest absolute Gasteiger partial charge is 0.474 e. The van der Waals surface area contributed by atoms with Crippen molar-refractivity contribution >= 4 is 24.8 Å². The van der Waals surface area contributed by atoms with Crippen molar-refractivity contribution in [2.75, 3.05) is 20.3 Å². The maximum absolute atomic E-state index is 13.2. The minimum Gasteiger partial charge on any atom is -0.460 e. The predicted octanol–water partition coefficient (Wildman–Crippen LogP) is 2.63. The number of benzene rings is 1. The van der Waals surface area contributed by atoms with E-state index in [9.17, 15) is 28.5 Å². The maximum Gasteiger partial charge on any atom is 0.474 e. The Bertz CT molecular complexity index is 2100. The average molecular weight is 703 g/mol. The molecule has 0 amide bonds. The molecule has 0 radical (unpaired) electrons. The summed E-state index contributed by atoms with van der Waals surface area (Å²) >= 11 is 0. The lowest BCUT2D eigenvalue weighted by Gasteiger charge is -2.21. The Balaban J connectivity index is 1.15. The van der Waals surface area contributed by atoms with E-state index in [-0.39, 0.29) is 31.2 Å². The lowest BCUT2D eigenvalue weighted by Crippen LogP contribution is -2.33. The molecule has 4 atom stereocenters. The van der Waals surface area contributed by atoms with Gasteiger partial charge < -0.3 is 14.0 Å². The summed E-state index contributed by atoms with van der Waals surface area (Å²) in [6.45, 7) is 6.91. The molecule has 1 aromatic heterocycles. The number of fused-ring (bicyclic) bond motifs is 2. The van der Waals surface area contributed by atoms with Gasteiger partial charge in [-0.15, -0.1) is 0 Å². The number of nitrogens with one attached hydrogen (secondary N) is 2. The summed E-state index contributed by atoms with van der Waals surface area (Å²) in [4.78, 5) is 73.4. The first-order valence-electron chi connectivity index (χ1n) is 15.8. The molecule has 1 unspecified atom stereocenters. The van der Waals surface area contributed by atoms with Gasteiger partial charge in [-0.2, -0.15) is 4.98 Å². The van der Waals surface area contributed by atoms with E-state index in [1.165, 1.54) is 31.7 Å². The molecule has 1 saturated heterocycles. The van der Waals surface area contributed by atoms with Crippen LogP contribution in [-0.2, 0) is 38.9 Å². The molecule has 1 aromatic carbocycles. The fraction of sp³-hybridized carbons (Fsp3) is 0.516. The van der Waals surface area contributed by atoms with E-state index >= 15 is 0 Å². The zero-order chi connectivity index (χ0) is 35.5. The van der Waals surface area contributed by atoms with E-state index in [0.29, 0.717) is 36.9 Å². The van der Waals surface area contributed by atoms with Gasteiger partial charge in [0.1, 0.15) is 18.4 Å². The van der Waals surface area contributed by atoms with Gasteiger partial charge in [-0.25, -0.2) is 19.1 Å². The van der Waals surface area contributed by atoms with Crippen LogP contribution < -0.4 is 22.5 Å². The van der Waals surface area contributed by atoms with E-state index in [1.807, 2.05) is 30.5 Å². The third-order valence-electron chi connectivity index (χ3n) is 8.32. The molecule has 264 valence electrons. The summed E-state index contributed by atoms with van der Waals surface area (Å²) in [6.07, 6.45) is 1.46. The van der Waals surface area contributed by atoms with E-state index in [2.05, 4.69) is 19.9 Å². The van der Waals surface area contributed by atoms with Crippen LogP contribution in [0, 0.1) is 20.8 Å². The molecular weight excluding hydrogens is 663 g/mol. The van der Waals surface area contributed by atoms with Gasteiger partial charge in [-0.3, -0.25) is 42.5 Å². The number of carbonyl (C=O) groups is 1. The molecule has 3 aliphatic rings. The number of H-pyrrole nitrogens is 2. The topological polar surface area (TPSA) is 216 Å². The first-order chi connectivity index (χ1) is 23.3. The summed E-state index contributed by atoms with van der Waals surface area (Å²) in [5.41, 5.74) is 1.30. The van der Waals surface area contributed by atoms with Crippen molar-refractivity contribution in [3.63, 3.8) is 0 Å². The lowest BCUT2D eigenvalue weighted by molar-refractivity contribution is -0.150. The molecular formula is C31H39N6O11P. The van der Waals surface area contributed by atoms with Crippen LogP contribution in [0.4, 0.5) is 0 Å². The van der Waals surface area contributed by atoms with Crippen molar-refractivity contribution in [2.24, 2.45) is 0 Å². The first kappa shape index (κ1) is 36.0. The number of esters is 1. The number of ether oxygens (including phenoxy) is 2. The van der Waals surface area contributed by atoms with E-state index in [4.69, 9.17) is 23.0 Å². The van der Waals surface area contributed by atoms with Crippen LogP contribution in [0.2, 0.25) is 0 Å². The molecule has 0 saturated carbocycles. The van der Waals surface area contributed by atoms with E-state index in [0.717, 1.165) is 23.1 Å². The Hall–Kier alpha value is -4.28. The zero-order valence-electron chi connectivity index (χ0n) is 27.8. The highest BCUT2D eigenvalue weighted by Gasteiger charge is 2.41. The summed E-state index contributed by atoms with van der Waals surface area (Å²) in [6, 6.07) is 3.87. The zero-order valence-corrected chi connectivity index (χ0v) is 28.7. The number of aromatic amines is 2. The molecule has 18 heteroatoms. The van der Waals surface area contributed by atoms with Crippen LogP contribution in [0.15, 0.2) is 37.5 Å². The molecule has 2 aromatic rings. The Kier molecular flexibility index (Phi) is 11.1. The number of hydrogen-bond donors (Lipinski definition) is 2. The average Bonchev–Trinajstić information content (AvgIpc) is 3.43. The quantitative estimate of drug-likeness (QED) is 0.0837. The summed E-state index contributed by atoms with van der Waals surface area (Å²) in [7, 11) is -2.84. The van der Waals surface area contributed by atoms with Crippen molar-refractivity contribution in [1.29, 1.82) is 0 Å². The molecule has 3 aliphatic heterocycles. The number of aromatic nitrogens is 6. The van der Waals surface area contributed by atoms with E-state index in [1.54, 1.807) is 0 Å². The predicted molar refractivity (Wildman–Crippen MR) is 176 cm³/mol. The molecule has 0 spiro atoms. The molecule has 17 nitrogen and oxygen atoms in total. The standard InChI is InChI=1S/C31H39N6O11P/c1-17-12-21-22(13-18(17)2)36(27-26(32-21)29(40)34-30(41)33-27)10-8-6-7-9-11-45-49(43,44-5)46-16-24-23(47-20(4)38)14-25(48-24)37-15-19(3)28(39)35-31(37)42/h12-13,15,23-25H,6-11,14,16H2,1-5H3,(H,34,40,41)(H,35,39,42)/t23-,24+,25+,49?/m0/s1. The fourth-order valence-electron chi connectivity index (χ4n) is 5.64. The number of phosphoric ester groups is 1. The van der Waals surface area contributed by atoms with Gasteiger partial charge in [0, 0.05) is 38.8 Å². The van der Waals surface area contributed by atoms with Crippen LogP contribution >= 0.6 is 7.82 Å². The molecule has 49 heavy (non-hydrogen) atoms. The molecule has 5 rings (SSSR count). The number of nitrogens with zero attached hydrogens (tertiary/aromatic N) is 4. The van der Waals surface area contributed by atoms with Gasteiger partial charge in [0.15, 0.2) is 11.5 Å². The second-order valence-electron chi connectivity index (χ2n) is 11.9. The molecule has 1 fully saturated rings. The van der Waals surface area contributed by atoms with Crippen LogP contribution in [0.5, 0.6) is 0 Å². The smallest absolute Gasteiger partial charge is 0.460 e. The minimum absolute atomic E-state index is 0.0574. The van der Waals surface area contributed by atoms with Crippen molar-refractivity contribution < 1.29 is 32.4 Å². The van der Waals surface area contributed by atoms with Gasteiger partial charge in [-0.1, -0.05) is 12.8 Å². The number of aryl methyl sites for hydroxylation is 4. The highest BCUT2D eigenvalue weighted by Crippen LogP contribution is 2.49. The summed E-state index contributed by atoms with van der Waals surface area (Å²) in [5, 5.41) is 0. The van der Waals surface area contributed by atoms with Gasteiger partial charge >= 0.3 is 25.2 Å². The highest BCUT2D eigenvalue weighted by molar-refractivity contribution is 7.48. The van der Waals surface area contributed by atoms with Gasteiger partial charge in [0.2, 0.25) is 0 Å². The number of phosphoric acid groups is 1. The SMILES string of the molecule is COP(=O)(OCCCCCCn1c2nc(=O)[nH]c(=O)c-2nc2cc(C)c(C)cc21)OC[C@H]1O[C@@H](n2cc(C)c(=O)[nH]c2=O)C[C@@H]1OC(C)=O. The normalized spacial score (nSPS) is 19.0. The lowest BCUT2D eigenvalue weighted by atomic mass is 10.1. The van der Waals surface area contributed by atoms with Crippen molar-refractivity contribution in [2.45, 2.75) is 84.8 Å². The number of hydrogen-bond acceptors (Lipinski definition) is 13. The van der Waals surface area contributed by atoms with Gasteiger partial charge in [0.05, 0.1) is 24.2 Å². The molecule has 4 heterocycles. The van der Waals surface area contributed by atoms with Crippen LogP contribution in [0.3, 0.4) is 0 Å². The van der Waals surface area contributed by atoms with Gasteiger partial charge in [-0.05, 0) is 56.9 Å². The monoisotopic (exact) mass is 702 g/mol. The van der Waals surface area contributed by atoms with E-state index < -0.39 is 54.7 Å². The number of unbranched alkanes of at least 4 members (excludes halogenated alkanes) is 3. The summed E-state index contributed by atoms with van der Waals surface area (Å²) in [5.74, 6) is -0.357. The first-order valence-corrected chi connectivity index (χ1v) is 17.3. The van der Waals surface area contributed by atoms with Gasteiger partial charge in [0.25, 0.3) is 11.1 Å². The van der Waals surface area contributed by atoms with Crippen molar-refractivity contribution in [1.82, 2.24) is 29.1 Å². The second kappa shape index (κ2) is 15.1. The van der Waals surface area contributed by atoms with Crippen molar-refractivity contribution in [3.8, 4) is 11.5 Å². The Morgan fingerprint density at radius 1 is 0.980 bits per heavy atom. The molecule has 2 N–H and O–H groups in total. The van der Waals surface area contributed by atoms with Crippen LogP contribution in [0.25, 0.3) is 22.6 Å². The third kappa shape index (κ3) is 8.31. The highest BCUT2D eigenvalue weighted by atomic mass is 31.2. The van der Waals surface area contributed by atoms with Crippen molar-refractivity contribution in [3.05, 3.63) is 76.7 Å². The fourth-order valence-corrected chi connectivity index (χ4v) is 6.61. The maximum atomic E-state index is 13.2. The minimum atomic E-state index is -4.02. The summed E-state index contributed by atoms with van der Waals surface area (Å²) < 4.78 is 43.6. The Morgan fingerprint density at radius 3 is 2.45 bits per heavy atom. The van der Waals surface area contributed by atoms with Crippen LogP contribution in [-0.4, -0.2) is 67.6 Å². The Labute approximate surface area is 279 Å². The molecule has 0 aliphatic carbocycles. The Morgan fingerprint density at radius 2 is 1.71 bits per heavy atom. The molecule has 0 bridgehead atoms. The second-order valence-corrected chi connectivity index (χ2v) is 13.7.